The molecule has 0 radical (unpaired) electrons. The molecule has 3 aromatic heterocycles. The van der Waals surface area contributed by atoms with Gasteiger partial charge in [-0.15, -0.1) is 0 Å². The van der Waals surface area contributed by atoms with Gasteiger partial charge in [-0.05, 0) is 19.1 Å². The molecule has 4 rings (SSSR count). The van der Waals surface area contributed by atoms with Crippen LogP contribution in [0.1, 0.15) is 5.69 Å². The summed E-state index contributed by atoms with van der Waals surface area (Å²) in [7, 11) is 3.00. The van der Waals surface area contributed by atoms with Gasteiger partial charge in [0.2, 0.25) is 0 Å². The van der Waals surface area contributed by atoms with E-state index in [9.17, 15) is 9.59 Å². The number of rotatable bonds is 1. The Morgan fingerprint density at radius 2 is 1.58 bits per heavy atom. The molecule has 3 heterocycles. The van der Waals surface area contributed by atoms with Crippen molar-refractivity contribution in [3.63, 3.8) is 0 Å². The highest BCUT2D eigenvalue weighted by molar-refractivity contribution is 5.84. The van der Waals surface area contributed by atoms with E-state index in [0.29, 0.717) is 16.9 Å². The third kappa shape index (κ3) is 1.82. The van der Waals surface area contributed by atoms with Gasteiger partial charge < -0.3 is 0 Å². The number of benzene rings is 1. The van der Waals surface area contributed by atoms with Gasteiger partial charge in [-0.2, -0.15) is 5.10 Å². The first-order valence-corrected chi connectivity index (χ1v) is 7.37. The summed E-state index contributed by atoms with van der Waals surface area (Å²) in [6.07, 6.45) is 0. The van der Waals surface area contributed by atoms with Gasteiger partial charge in [-0.25, -0.2) is 19.4 Å². The second kappa shape index (κ2) is 4.85. The molecule has 8 heteroatoms. The Balaban J connectivity index is 2.20. The van der Waals surface area contributed by atoms with Gasteiger partial charge >= 0.3 is 5.69 Å². The summed E-state index contributed by atoms with van der Waals surface area (Å²) in [6.45, 7) is 1.81. The molecular formula is C16H14N6O2. The number of fused-ring (bicyclic) bond motifs is 2. The van der Waals surface area contributed by atoms with Gasteiger partial charge in [0.05, 0.1) is 11.4 Å². The van der Waals surface area contributed by atoms with E-state index in [4.69, 9.17) is 0 Å². The van der Waals surface area contributed by atoms with Crippen LogP contribution in [0.15, 0.2) is 39.9 Å². The van der Waals surface area contributed by atoms with E-state index in [1.807, 2.05) is 37.3 Å². The minimum Gasteiger partial charge on any atom is -0.279 e. The molecule has 0 N–H and O–H groups in total. The molecule has 0 amide bonds. The van der Waals surface area contributed by atoms with Crippen LogP contribution in [-0.2, 0) is 14.1 Å². The molecule has 4 aromatic rings. The van der Waals surface area contributed by atoms with Crippen molar-refractivity contribution >= 4 is 22.3 Å². The van der Waals surface area contributed by atoms with Gasteiger partial charge in [0.15, 0.2) is 16.8 Å². The summed E-state index contributed by atoms with van der Waals surface area (Å²) >= 11 is 0. The lowest BCUT2D eigenvalue weighted by Crippen LogP contribution is -2.37. The fourth-order valence-electron chi connectivity index (χ4n) is 2.74. The fourth-order valence-corrected chi connectivity index (χ4v) is 2.74. The minimum absolute atomic E-state index is 0.155. The van der Waals surface area contributed by atoms with Crippen LogP contribution in [0.2, 0.25) is 0 Å². The predicted molar refractivity (Wildman–Crippen MR) is 89.4 cm³/mol. The van der Waals surface area contributed by atoms with Gasteiger partial charge in [0.1, 0.15) is 5.52 Å². The van der Waals surface area contributed by atoms with Crippen molar-refractivity contribution in [1.29, 1.82) is 0 Å². The van der Waals surface area contributed by atoms with Crippen LogP contribution in [0, 0.1) is 6.92 Å². The largest absolute Gasteiger partial charge is 0.332 e. The third-order valence-electron chi connectivity index (χ3n) is 4.05. The first-order valence-electron chi connectivity index (χ1n) is 7.37. The highest BCUT2D eigenvalue weighted by Crippen LogP contribution is 2.19. The number of aryl methyl sites for hydroxylation is 2. The zero-order valence-electron chi connectivity index (χ0n) is 13.4. The Morgan fingerprint density at radius 3 is 2.29 bits per heavy atom. The smallest absolute Gasteiger partial charge is 0.279 e. The number of aromatic nitrogens is 6. The van der Waals surface area contributed by atoms with Gasteiger partial charge in [0, 0.05) is 14.1 Å². The minimum atomic E-state index is -0.464. The molecule has 0 bridgehead atoms. The molecule has 0 saturated carbocycles. The van der Waals surface area contributed by atoms with E-state index in [2.05, 4.69) is 15.1 Å². The van der Waals surface area contributed by atoms with E-state index >= 15 is 0 Å². The maximum atomic E-state index is 12.4. The Labute approximate surface area is 135 Å². The van der Waals surface area contributed by atoms with Crippen LogP contribution in [0.5, 0.6) is 0 Å². The fraction of sp³-hybridized carbons (Fsp3) is 0.188. The Hall–Kier alpha value is -3.29. The molecule has 0 atom stereocenters. The van der Waals surface area contributed by atoms with Crippen LogP contribution in [-0.4, -0.2) is 28.9 Å². The van der Waals surface area contributed by atoms with Crippen molar-refractivity contribution in [2.45, 2.75) is 6.92 Å². The van der Waals surface area contributed by atoms with Gasteiger partial charge in [0.25, 0.3) is 5.56 Å². The summed E-state index contributed by atoms with van der Waals surface area (Å²) in [5.74, 6) is 0. The zero-order valence-corrected chi connectivity index (χ0v) is 13.4. The molecule has 0 aliphatic heterocycles. The van der Waals surface area contributed by atoms with E-state index in [-0.39, 0.29) is 11.2 Å². The van der Waals surface area contributed by atoms with E-state index in [0.717, 1.165) is 10.3 Å². The quantitative estimate of drug-likeness (QED) is 0.514. The average Bonchev–Trinajstić information content (AvgIpc) is 2.94. The average molecular weight is 322 g/mol. The second-order valence-electron chi connectivity index (χ2n) is 5.61. The Bertz CT molecular complexity index is 1220. The number of nitrogens with zero attached hydrogens (tertiary/aromatic N) is 6. The lowest BCUT2D eigenvalue weighted by atomic mass is 10.3. The Morgan fingerprint density at radius 1 is 0.875 bits per heavy atom. The van der Waals surface area contributed by atoms with Crippen molar-refractivity contribution in [1.82, 2.24) is 28.9 Å². The molecule has 0 unspecified atom stereocenters. The van der Waals surface area contributed by atoms with Crippen LogP contribution in [0.4, 0.5) is 0 Å². The molecule has 24 heavy (non-hydrogen) atoms. The molecule has 120 valence electrons. The van der Waals surface area contributed by atoms with Crippen LogP contribution >= 0.6 is 0 Å². The van der Waals surface area contributed by atoms with Crippen LogP contribution in [0.25, 0.3) is 28.0 Å². The van der Waals surface area contributed by atoms with Crippen LogP contribution < -0.4 is 11.2 Å². The van der Waals surface area contributed by atoms with Crippen molar-refractivity contribution < 1.29 is 0 Å². The highest BCUT2D eigenvalue weighted by atomic mass is 16.2. The molecule has 1 aromatic carbocycles. The summed E-state index contributed by atoms with van der Waals surface area (Å²) in [4.78, 5) is 33.5. The normalized spacial score (nSPS) is 11.5. The van der Waals surface area contributed by atoms with Crippen molar-refractivity contribution in [3.05, 3.63) is 56.9 Å². The van der Waals surface area contributed by atoms with Crippen molar-refractivity contribution in [2.24, 2.45) is 14.1 Å². The maximum absolute atomic E-state index is 12.4. The monoisotopic (exact) mass is 322 g/mol. The molecular weight excluding hydrogens is 308 g/mol. The summed E-state index contributed by atoms with van der Waals surface area (Å²) in [5, 5.41) is 4.48. The van der Waals surface area contributed by atoms with E-state index < -0.39 is 11.2 Å². The lowest BCUT2D eigenvalue weighted by molar-refractivity contribution is 0.705. The SMILES string of the molecule is Cc1nn(-c2ccccc2)c2nc3c(nc12)c(=O)n(C)c(=O)n3C. The van der Waals surface area contributed by atoms with E-state index in [1.165, 1.54) is 11.6 Å². The third-order valence-corrected chi connectivity index (χ3v) is 4.05. The zero-order chi connectivity index (χ0) is 17.0. The molecule has 0 aliphatic carbocycles. The van der Waals surface area contributed by atoms with Crippen molar-refractivity contribution in [3.8, 4) is 5.69 Å². The molecule has 0 fully saturated rings. The van der Waals surface area contributed by atoms with E-state index in [1.54, 1.807) is 11.7 Å². The standard InChI is InChI=1S/C16H14N6O2/c1-9-11-14(22(19-9)10-7-5-4-6-8-10)18-13-12(17-11)15(23)21(3)16(24)20(13)2/h4-8H,1-3H3. The summed E-state index contributed by atoms with van der Waals surface area (Å²) in [6, 6.07) is 9.52. The molecule has 0 aliphatic rings. The summed E-state index contributed by atoms with van der Waals surface area (Å²) < 4.78 is 4.01. The Kier molecular flexibility index (Phi) is 2.89. The topological polar surface area (TPSA) is 87.6 Å². The lowest BCUT2D eigenvalue weighted by Gasteiger charge is -2.07. The molecule has 8 nitrogen and oxygen atoms in total. The number of para-hydroxylation sites is 1. The first kappa shape index (κ1) is 14.3. The van der Waals surface area contributed by atoms with Crippen LogP contribution in [0.3, 0.4) is 0 Å². The molecule has 0 spiro atoms. The van der Waals surface area contributed by atoms with Crippen molar-refractivity contribution in [2.75, 3.05) is 0 Å². The number of hydrogen-bond acceptors (Lipinski definition) is 5. The highest BCUT2D eigenvalue weighted by Gasteiger charge is 2.17. The molecule has 0 saturated heterocycles. The maximum Gasteiger partial charge on any atom is 0.332 e. The number of hydrogen-bond donors (Lipinski definition) is 0. The van der Waals surface area contributed by atoms with Gasteiger partial charge in [-0.3, -0.25) is 13.9 Å². The first-order chi connectivity index (χ1) is 11.5. The second-order valence-corrected chi connectivity index (χ2v) is 5.61. The predicted octanol–water partition coefficient (Wildman–Crippen LogP) is 0.675. The van der Waals surface area contributed by atoms with Gasteiger partial charge in [-0.1, -0.05) is 18.2 Å². The summed E-state index contributed by atoms with van der Waals surface area (Å²) in [5.41, 5.74) is 2.04.